The summed E-state index contributed by atoms with van der Waals surface area (Å²) >= 11 is -1.44. The quantitative estimate of drug-likeness (QED) is 0.252. The zero-order valence-corrected chi connectivity index (χ0v) is 22.8. The van der Waals surface area contributed by atoms with E-state index in [-0.39, 0.29) is 6.61 Å². The average Bonchev–Trinajstić information content (AvgIpc) is 2.92. The molecule has 0 spiro atoms. The van der Waals surface area contributed by atoms with Crippen LogP contribution < -0.4 is 18.9 Å². The Morgan fingerprint density at radius 2 is 1.16 bits per heavy atom. The van der Waals surface area contributed by atoms with E-state index >= 15 is 0 Å². The number of hydrogen-bond acceptors (Lipinski definition) is 8. The van der Waals surface area contributed by atoms with Gasteiger partial charge in [0.15, 0.2) is 0 Å². The van der Waals surface area contributed by atoms with Gasteiger partial charge in [-0.2, -0.15) is 0 Å². The molecule has 0 saturated heterocycles. The van der Waals surface area contributed by atoms with E-state index in [4.69, 9.17) is 31.7 Å². The molecular formula is C28H30MnO8. The molecule has 0 amide bonds. The van der Waals surface area contributed by atoms with E-state index in [1.807, 2.05) is 56.3 Å². The summed E-state index contributed by atoms with van der Waals surface area (Å²) in [4.78, 5) is 10.8. The van der Waals surface area contributed by atoms with Crippen molar-refractivity contribution in [3.63, 3.8) is 0 Å². The molecule has 0 fully saturated rings. The number of carbonyl (C=O) groups is 1. The number of rotatable bonds is 6. The van der Waals surface area contributed by atoms with E-state index < -0.39 is 14.8 Å². The Morgan fingerprint density at radius 3 is 1.57 bits per heavy atom. The molecule has 197 valence electrons. The number of aliphatic hydroxyl groups is 1. The Bertz CT molecular complexity index is 1430. The summed E-state index contributed by atoms with van der Waals surface area (Å²) in [5, 5.41) is 13.0. The summed E-state index contributed by atoms with van der Waals surface area (Å²) < 4.78 is 38.3. The van der Waals surface area contributed by atoms with Gasteiger partial charge in [0.05, 0.1) is 35.0 Å². The van der Waals surface area contributed by atoms with Crippen molar-refractivity contribution in [2.45, 2.75) is 20.5 Å². The summed E-state index contributed by atoms with van der Waals surface area (Å²) in [6.45, 7) is 3.98. The maximum absolute atomic E-state index is 10.8. The average molecular weight is 549 g/mol. The molecule has 0 atom stereocenters. The Morgan fingerprint density at radius 1 is 0.703 bits per heavy atom. The molecule has 0 radical (unpaired) electrons. The third-order valence-electron chi connectivity index (χ3n) is 5.73. The molecule has 0 unspecified atom stereocenters. The second-order valence-electron chi connectivity index (χ2n) is 7.88. The number of carbonyl (C=O) groups excluding carboxylic acids is 1. The number of aliphatic hydroxyl groups excluding tert-OH is 1. The van der Waals surface area contributed by atoms with Crippen molar-refractivity contribution in [2.75, 3.05) is 28.4 Å². The van der Waals surface area contributed by atoms with Gasteiger partial charge >= 0.3 is 22.5 Å². The van der Waals surface area contributed by atoms with E-state index in [1.165, 1.54) is 0 Å². The molecule has 4 rings (SSSR count). The Kier molecular flexibility index (Phi) is 11.3. The molecule has 4 aromatic carbocycles. The zero-order valence-electron chi connectivity index (χ0n) is 21.6. The molecule has 37 heavy (non-hydrogen) atoms. The van der Waals surface area contributed by atoms with Crippen LogP contribution in [-0.4, -0.2) is 39.8 Å². The molecule has 0 aliphatic rings. The SMILES string of the molecule is COc1cc(C)c(OC)c2ccc(C=O)cc12.COc1cc(C)c(OC)c2ccc(CO)cc12.[O]=[Mn]=[O]. The van der Waals surface area contributed by atoms with Crippen LogP contribution in [0.15, 0.2) is 48.5 Å². The van der Waals surface area contributed by atoms with Gasteiger partial charge in [-0.25, -0.2) is 0 Å². The number of ether oxygens (including phenoxy) is 4. The van der Waals surface area contributed by atoms with Crippen LogP contribution in [0, 0.1) is 13.8 Å². The summed E-state index contributed by atoms with van der Waals surface area (Å²) in [6.07, 6.45) is 0.825. The van der Waals surface area contributed by atoms with Gasteiger partial charge in [-0.15, -0.1) is 0 Å². The number of aldehydes is 1. The second-order valence-corrected chi connectivity index (χ2v) is 8.08. The maximum atomic E-state index is 10.8. The number of aryl methyl sites for hydroxylation is 2. The molecular weight excluding hydrogens is 519 g/mol. The van der Waals surface area contributed by atoms with Crippen molar-refractivity contribution < 1.29 is 51.3 Å². The fourth-order valence-corrected chi connectivity index (χ4v) is 4.11. The van der Waals surface area contributed by atoms with E-state index in [1.54, 1.807) is 34.5 Å². The van der Waals surface area contributed by atoms with Gasteiger partial charge in [0.25, 0.3) is 0 Å². The first-order valence-electron chi connectivity index (χ1n) is 11.1. The number of hydrogen-bond donors (Lipinski definition) is 1. The molecule has 0 aromatic heterocycles. The van der Waals surface area contributed by atoms with Crippen molar-refractivity contribution in [1.82, 2.24) is 0 Å². The third-order valence-corrected chi connectivity index (χ3v) is 5.73. The fraction of sp³-hybridized carbons (Fsp3) is 0.250. The van der Waals surface area contributed by atoms with Crippen LogP contribution in [0.2, 0.25) is 0 Å². The van der Waals surface area contributed by atoms with Gasteiger partial charge in [-0.1, -0.05) is 18.2 Å². The van der Waals surface area contributed by atoms with Crippen molar-refractivity contribution in [1.29, 1.82) is 0 Å². The standard InChI is InChI=1S/C14H16O3.C14H14O3.Mn.2O/c2*1-9-6-13(16-2)12-7-10(8-15)4-5-11(12)14(9)17-3;;;/h4-7,15H,8H2,1-3H3;4-8H,1-3H3;;;. The minimum atomic E-state index is -1.44. The van der Waals surface area contributed by atoms with E-state index in [0.29, 0.717) is 5.56 Å². The first-order chi connectivity index (χ1) is 17.8. The van der Waals surface area contributed by atoms with Gasteiger partial charge < -0.3 is 24.1 Å². The Labute approximate surface area is 221 Å². The van der Waals surface area contributed by atoms with Crippen LogP contribution >= 0.6 is 0 Å². The normalized spacial score (nSPS) is 9.92. The summed E-state index contributed by atoms with van der Waals surface area (Å²) in [5.41, 5.74) is 3.53. The third kappa shape index (κ3) is 6.77. The summed E-state index contributed by atoms with van der Waals surface area (Å²) in [7, 11) is 6.57. The van der Waals surface area contributed by atoms with Crippen LogP contribution in [-0.2, 0) is 29.1 Å². The molecule has 1 N–H and O–H groups in total. The van der Waals surface area contributed by atoms with E-state index in [9.17, 15) is 4.79 Å². The van der Waals surface area contributed by atoms with Crippen molar-refractivity contribution >= 4 is 27.8 Å². The zero-order chi connectivity index (χ0) is 27.5. The first-order valence-corrected chi connectivity index (χ1v) is 12.0. The number of fused-ring (bicyclic) bond motifs is 2. The molecule has 0 saturated carbocycles. The number of methoxy groups -OCH3 is 4. The Hall–Kier alpha value is -3.65. The van der Waals surface area contributed by atoms with Crippen molar-refractivity contribution in [3.8, 4) is 23.0 Å². The van der Waals surface area contributed by atoms with E-state index in [2.05, 4.69) is 0 Å². The van der Waals surface area contributed by atoms with Crippen LogP contribution in [0.4, 0.5) is 0 Å². The van der Waals surface area contributed by atoms with Crippen molar-refractivity contribution in [3.05, 3.63) is 70.8 Å². The molecule has 4 aromatic rings. The van der Waals surface area contributed by atoms with Crippen molar-refractivity contribution in [2.24, 2.45) is 0 Å². The number of benzene rings is 4. The molecule has 0 aliphatic heterocycles. The van der Waals surface area contributed by atoms with Gasteiger partial charge in [0, 0.05) is 27.1 Å². The molecule has 0 bridgehead atoms. The summed E-state index contributed by atoms with van der Waals surface area (Å²) in [6, 6.07) is 15.1. The summed E-state index contributed by atoms with van der Waals surface area (Å²) in [5.74, 6) is 3.22. The molecule has 0 heterocycles. The van der Waals surface area contributed by atoms with Gasteiger partial charge in [0.1, 0.15) is 29.3 Å². The molecule has 8 nitrogen and oxygen atoms in total. The molecule has 9 heteroatoms. The van der Waals surface area contributed by atoms with Crippen LogP contribution in [0.25, 0.3) is 21.5 Å². The molecule has 0 aliphatic carbocycles. The topological polar surface area (TPSA) is 108 Å². The monoisotopic (exact) mass is 549 g/mol. The van der Waals surface area contributed by atoms with Crippen LogP contribution in [0.5, 0.6) is 23.0 Å². The van der Waals surface area contributed by atoms with Gasteiger partial charge in [-0.05, 0) is 60.9 Å². The minimum absolute atomic E-state index is 0.0231. The predicted molar refractivity (Wildman–Crippen MR) is 136 cm³/mol. The van der Waals surface area contributed by atoms with Crippen LogP contribution in [0.1, 0.15) is 27.0 Å². The van der Waals surface area contributed by atoms with Gasteiger partial charge in [-0.3, -0.25) is 4.79 Å². The predicted octanol–water partition coefficient (Wildman–Crippen LogP) is 5.40. The fourth-order valence-electron chi connectivity index (χ4n) is 4.11. The van der Waals surface area contributed by atoms with E-state index in [0.717, 1.165) is 67.5 Å². The van der Waals surface area contributed by atoms with Crippen LogP contribution in [0.3, 0.4) is 0 Å². The first kappa shape index (κ1) is 29.6. The Balaban J connectivity index is 0.000000235. The van der Waals surface area contributed by atoms with Gasteiger partial charge in [0.2, 0.25) is 0 Å². The second kappa shape index (κ2) is 14.2.